The minimum Gasteiger partial charge on any atom is -0.459 e. The number of ether oxygens (including phenoxy) is 1. The van der Waals surface area contributed by atoms with Crippen molar-refractivity contribution in [3.05, 3.63) is 0 Å². The molecular weight excluding hydrogens is 376 g/mol. The fourth-order valence-corrected chi connectivity index (χ4v) is 8.10. The van der Waals surface area contributed by atoms with Gasteiger partial charge in [0.05, 0.1) is 23.4 Å². The molecule has 4 aliphatic carbocycles. The van der Waals surface area contributed by atoms with Gasteiger partial charge in [0.25, 0.3) is 0 Å². The molecule has 0 aliphatic heterocycles. The van der Waals surface area contributed by atoms with E-state index in [0.29, 0.717) is 12.8 Å². The average molecular weight is 413 g/mol. The van der Waals surface area contributed by atoms with E-state index in [2.05, 4.69) is 0 Å². The van der Waals surface area contributed by atoms with E-state index in [1.807, 2.05) is 0 Å². The van der Waals surface area contributed by atoms with Crippen molar-refractivity contribution in [2.75, 3.05) is 0 Å². The molecule has 7 heteroatoms. The number of aliphatic hydroxyl groups excluding tert-OH is 2. The van der Waals surface area contributed by atoms with Crippen LogP contribution in [0.2, 0.25) is 0 Å². The number of fused-ring (bicyclic) bond motifs is 2. The van der Waals surface area contributed by atoms with Gasteiger partial charge in [-0.05, 0) is 51.9 Å². The van der Waals surface area contributed by atoms with Crippen molar-refractivity contribution < 1.29 is 35.1 Å². The molecule has 4 rings (SSSR count). The molecule has 0 aromatic rings. The fraction of sp³-hybridized carbons (Fsp3) is 0.955. The molecular formula is C22H36O7. The SMILES string of the molecule is CC(=O)O[C@@H]1C[C@]23C[C@@](C)(O)[C@H](CC[C@H]2[C@@](C)(O)[C@@H]2C[C@H](O)C(C)(C)[C@@]12O)[C@@H]3O. The molecule has 0 aromatic carbocycles. The van der Waals surface area contributed by atoms with Crippen LogP contribution in [0.5, 0.6) is 0 Å². The second kappa shape index (κ2) is 5.94. The Hall–Kier alpha value is -0.730. The van der Waals surface area contributed by atoms with Gasteiger partial charge in [-0.25, -0.2) is 0 Å². The molecule has 0 saturated heterocycles. The van der Waals surface area contributed by atoms with Crippen molar-refractivity contribution in [1.82, 2.24) is 0 Å². The van der Waals surface area contributed by atoms with Crippen LogP contribution in [-0.2, 0) is 9.53 Å². The Bertz CT molecular complexity index is 716. The minimum atomic E-state index is -1.67. The highest BCUT2D eigenvalue weighted by Crippen LogP contribution is 2.70. The van der Waals surface area contributed by atoms with Crippen LogP contribution in [0.4, 0.5) is 0 Å². The first kappa shape index (κ1) is 21.5. The summed E-state index contributed by atoms with van der Waals surface area (Å²) in [6, 6.07) is 0. The summed E-state index contributed by atoms with van der Waals surface area (Å²) in [5, 5.41) is 57.1. The number of carbonyl (C=O) groups excluding carboxylic acids is 1. The van der Waals surface area contributed by atoms with Crippen molar-refractivity contribution in [2.24, 2.45) is 28.6 Å². The van der Waals surface area contributed by atoms with E-state index in [-0.39, 0.29) is 25.2 Å². The first-order valence-corrected chi connectivity index (χ1v) is 10.8. The minimum absolute atomic E-state index is 0.143. The number of carbonyl (C=O) groups is 1. The number of hydrogen-bond acceptors (Lipinski definition) is 7. The lowest BCUT2D eigenvalue weighted by Gasteiger charge is -2.51. The average Bonchev–Trinajstić information content (AvgIpc) is 2.78. The topological polar surface area (TPSA) is 127 Å². The third-order valence-corrected chi connectivity index (χ3v) is 9.55. The second-order valence-electron chi connectivity index (χ2n) is 11.3. The van der Waals surface area contributed by atoms with E-state index in [9.17, 15) is 30.3 Å². The third kappa shape index (κ3) is 2.45. The lowest BCUT2D eigenvalue weighted by atomic mass is 9.57. The molecule has 0 unspecified atom stereocenters. The largest absolute Gasteiger partial charge is 0.459 e. The highest BCUT2D eigenvalue weighted by Gasteiger charge is 2.77. The highest BCUT2D eigenvalue weighted by molar-refractivity contribution is 5.66. The smallest absolute Gasteiger partial charge is 0.303 e. The molecule has 0 aromatic heterocycles. The number of aliphatic hydroxyl groups is 5. The molecule has 166 valence electrons. The molecule has 4 fully saturated rings. The summed E-state index contributed by atoms with van der Waals surface area (Å²) in [7, 11) is 0. The van der Waals surface area contributed by atoms with Gasteiger partial charge in [0.1, 0.15) is 11.7 Å². The van der Waals surface area contributed by atoms with Crippen molar-refractivity contribution in [3.8, 4) is 0 Å². The third-order valence-electron chi connectivity index (χ3n) is 9.55. The maximum Gasteiger partial charge on any atom is 0.303 e. The van der Waals surface area contributed by atoms with Crippen LogP contribution in [0.1, 0.15) is 66.7 Å². The molecule has 4 aliphatic rings. The number of hydrogen-bond donors (Lipinski definition) is 5. The molecule has 7 nitrogen and oxygen atoms in total. The van der Waals surface area contributed by atoms with Gasteiger partial charge in [0.2, 0.25) is 0 Å². The van der Waals surface area contributed by atoms with Gasteiger partial charge in [-0.3, -0.25) is 4.79 Å². The lowest BCUT2D eigenvalue weighted by molar-refractivity contribution is -0.213. The Morgan fingerprint density at radius 2 is 1.62 bits per heavy atom. The quantitative estimate of drug-likeness (QED) is 0.402. The first-order valence-electron chi connectivity index (χ1n) is 10.8. The van der Waals surface area contributed by atoms with Crippen molar-refractivity contribution in [2.45, 2.75) is 102 Å². The van der Waals surface area contributed by atoms with Crippen LogP contribution in [0.25, 0.3) is 0 Å². The van der Waals surface area contributed by atoms with Gasteiger partial charge in [-0.15, -0.1) is 0 Å². The van der Waals surface area contributed by atoms with Crippen LogP contribution >= 0.6 is 0 Å². The predicted molar refractivity (Wildman–Crippen MR) is 104 cm³/mol. The zero-order valence-corrected chi connectivity index (χ0v) is 18.1. The highest BCUT2D eigenvalue weighted by atomic mass is 16.6. The van der Waals surface area contributed by atoms with Crippen molar-refractivity contribution in [1.29, 1.82) is 0 Å². The Morgan fingerprint density at radius 3 is 2.21 bits per heavy atom. The Kier molecular flexibility index (Phi) is 4.41. The van der Waals surface area contributed by atoms with Crippen LogP contribution < -0.4 is 0 Å². The van der Waals surface area contributed by atoms with Gasteiger partial charge < -0.3 is 30.3 Å². The van der Waals surface area contributed by atoms with E-state index in [4.69, 9.17) is 4.74 Å². The Morgan fingerprint density at radius 1 is 1.00 bits per heavy atom. The molecule has 29 heavy (non-hydrogen) atoms. The predicted octanol–water partition coefficient (Wildman–Crippen LogP) is 0.739. The van der Waals surface area contributed by atoms with E-state index in [1.54, 1.807) is 27.7 Å². The monoisotopic (exact) mass is 412 g/mol. The maximum atomic E-state index is 12.1. The number of esters is 1. The summed E-state index contributed by atoms with van der Waals surface area (Å²) in [5.41, 5.74) is -6.08. The summed E-state index contributed by atoms with van der Waals surface area (Å²) in [6.45, 7) is 8.16. The molecule has 4 saturated carbocycles. The molecule has 0 amide bonds. The zero-order valence-electron chi connectivity index (χ0n) is 18.1. The van der Waals surface area contributed by atoms with Crippen molar-refractivity contribution in [3.63, 3.8) is 0 Å². The maximum absolute atomic E-state index is 12.1. The summed E-state index contributed by atoms with van der Waals surface area (Å²) in [4.78, 5) is 12.0. The van der Waals surface area contributed by atoms with Crippen molar-refractivity contribution >= 4 is 5.97 Å². The lowest BCUT2D eigenvalue weighted by Crippen LogP contribution is -2.61. The van der Waals surface area contributed by atoms with Crippen LogP contribution in [0.15, 0.2) is 0 Å². The van der Waals surface area contributed by atoms with E-state index >= 15 is 0 Å². The number of rotatable bonds is 1. The van der Waals surface area contributed by atoms with Crippen LogP contribution in [-0.4, -0.2) is 66.6 Å². The standard InChI is InChI=1S/C22H36O7/c1-11(23)29-16-9-21-10-19(4,26)12(17(21)25)6-7-13(21)20(5,27)14-8-15(24)18(2,3)22(14,16)28/h12-17,24-28H,6-10H2,1-5H3/t12-,13+,14+,15+,16-,17+,19-,20-,21+,22+/m1/s1. The fourth-order valence-electron chi connectivity index (χ4n) is 8.10. The van der Waals surface area contributed by atoms with E-state index in [0.717, 1.165) is 0 Å². The molecule has 0 heterocycles. The summed E-state index contributed by atoms with van der Waals surface area (Å²) >= 11 is 0. The normalized spacial score (nSPS) is 58.3. The van der Waals surface area contributed by atoms with Gasteiger partial charge >= 0.3 is 5.97 Å². The Labute approximate surface area is 172 Å². The summed E-state index contributed by atoms with van der Waals surface area (Å²) < 4.78 is 5.67. The molecule has 10 atom stereocenters. The molecule has 1 spiro atoms. The zero-order chi connectivity index (χ0) is 21.8. The van der Waals surface area contributed by atoms with Gasteiger partial charge in [0.15, 0.2) is 0 Å². The van der Waals surface area contributed by atoms with E-state index < -0.39 is 63.8 Å². The van der Waals surface area contributed by atoms with Crippen LogP contribution in [0.3, 0.4) is 0 Å². The first-order chi connectivity index (χ1) is 13.1. The van der Waals surface area contributed by atoms with Gasteiger partial charge in [-0.1, -0.05) is 13.8 Å². The molecule has 0 radical (unpaired) electrons. The van der Waals surface area contributed by atoms with Crippen LogP contribution in [0, 0.1) is 28.6 Å². The summed E-state index contributed by atoms with van der Waals surface area (Å²) in [5.74, 6) is -2.00. The van der Waals surface area contributed by atoms with Gasteiger partial charge in [0, 0.05) is 29.6 Å². The second-order valence-corrected chi connectivity index (χ2v) is 11.3. The molecule has 2 bridgehead atoms. The van der Waals surface area contributed by atoms with Gasteiger partial charge in [-0.2, -0.15) is 0 Å². The Balaban J connectivity index is 1.93. The van der Waals surface area contributed by atoms with E-state index in [1.165, 1.54) is 6.92 Å². The molecule has 5 N–H and O–H groups in total. The summed E-state index contributed by atoms with van der Waals surface area (Å²) in [6.07, 6.45) is -0.972.